The van der Waals surface area contributed by atoms with Gasteiger partial charge in [-0.1, -0.05) is 44.2 Å². The van der Waals surface area contributed by atoms with E-state index in [0.717, 1.165) is 12.0 Å². The van der Waals surface area contributed by atoms with E-state index in [2.05, 4.69) is 12.2 Å². The number of methoxy groups -OCH3 is 1. The Morgan fingerprint density at radius 2 is 1.90 bits per heavy atom. The van der Waals surface area contributed by atoms with Gasteiger partial charge in [-0.3, -0.25) is 5.32 Å². The van der Waals surface area contributed by atoms with Crippen molar-refractivity contribution in [1.82, 2.24) is 5.32 Å². The topological polar surface area (TPSA) is 47.6 Å². The largest absolute Gasteiger partial charge is 0.467 e. The highest BCUT2D eigenvalue weighted by atomic mass is 16.5. The lowest BCUT2D eigenvalue weighted by atomic mass is 9.86. The van der Waals surface area contributed by atoms with Crippen molar-refractivity contribution in [2.24, 2.45) is 0 Å². The van der Waals surface area contributed by atoms with E-state index in [1.165, 1.54) is 7.11 Å². The molecule has 0 fully saturated rings. The van der Waals surface area contributed by atoms with Gasteiger partial charge < -0.3 is 9.47 Å². The molecule has 1 aromatic carbocycles. The summed E-state index contributed by atoms with van der Waals surface area (Å²) in [6.07, 6.45) is 1.52. The van der Waals surface area contributed by atoms with E-state index in [4.69, 9.17) is 9.47 Å². The van der Waals surface area contributed by atoms with E-state index in [1.807, 2.05) is 37.3 Å². The molecule has 4 nitrogen and oxygen atoms in total. The quantitative estimate of drug-likeness (QED) is 0.557. The van der Waals surface area contributed by atoms with Gasteiger partial charge in [0.05, 0.1) is 7.11 Å². The van der Waals surface area contributed by atoms with Gasteiger partial charge in [-0.2, -0.15) is 0 Å². The fourth-order valence-corrected chi connectivity index (χ4v) is 2.30. The van der Waals surface area contributed by atoms with Gasteiger partial charge in [0.2, 0.25) is 0 Å². The summed E-state index contributed by atoms with van der Waals surface area (Å²) in [5, 5.41) is 3.29. The molecule has 1 aromatic rings. The van der Waals surface area contributed by atoms with Crippen molar-refractivity contribution in [3.63, 3.8) is 0 Å². The summed E-state index contributed by atoms with van der Waals surface area (Å²) in [5.41, 5.74) is 0.0761. The summed E-state index contributed by atoms with van der Waals surface area (Å²) in [7, 11) is 1.42. The van der Waals surface area contributed by atoms with E-state index < -0.39 is 5.54 Å². The van der Waals surface area contributed by atoms with Crippen molar-refractivity contribution in [3.05, 3.63) is 35.9 Å². The monoisotopic (exact) mass is 279 g/mol. The minimum atomic E-state index is -0.835. The molecule has 112 valence electrons. The molecule has 0 aliphatic carbocycles. The number of carbonyl (C=O) groups is 1. The number of hydrogen-bond acceptors (Lipinski definition) is 4. The molecule has 0 radical (unpaired) electrons. The number of rotatable bonds is 9. The minimum absolute atomic E-state index is 0.273. The first-order chi connectivity index (χ1) is 9.71. The lowest BCUT2D eigenvalue weighted by Crippen LogP contribution is -2.50. The zero-order valence-electron chi connectivity index (χ0n) is 12.6. The SMILES string of the molecule is CCCOCCC(NCC)(C(=O)OC)c1ccccc1. The zero-order chi connectivity index (χ0) is 14.8. The average Bonchev–Trinajstić information content (AvgIpc) is 2.50. The summed E-state index contributed by atoms with van der Waals surface area (Å²) in [6, 6.07) is 9.68. The fourth-order valence-electron chi connectivity index (χ4n) is 2.30. The van der Waals surface area contributed by atoms with Crippen LogP contribution in [0.2, 0.25) is 0 Å². The molecule has 1 N–H and O–H groups in total. The summed E-state index contributed by atoms with van der Waals surface area (Å²) < 4.78 is 10.6. The number of nitrogens with one attached hydrogen (secondary N) is 1. The third kappa shape index (κ3) is 4.05. The normalized spacial score (nSPS) is 13.8. The van der Waals surface area contributed by atoms with Gasteiger partial charge in [0, 0.05) is 19.6 Å². The molecule has 0 saturated carbocycles. The Kier molecular flexibility index (Phi) is 7.26. The lowest BCUT2D eigenvalue weighted by Gasteiger charge is -2.32. The maximum Gasteiger partial charge on any atom is 0.330 e. The van der Waals surface area contributed by atoms with Crippen LogP contribution < -0.4 is 5.32 Å². The number of likely N-dealkylation sites (N-methyl/N-ethyl adjacent to an activating group) is 1. The molecule has 0 spiro atoms. The highest BCUT2D eigenvalue weighted by Gasteiger charge is 2.40. The van der Waals surface area contributed by atoms with E-state index in [0.29, 0.717) is 26.2 Å². The number of carbonyl (C=O) groups excluding carboxylic acids is 1. The molecule has 0 aromatic heterocycles. The lowest BCUT2D eigenvalue weighted by molar-refractivity contribution is -0.150. The maximum atomic E-state index is 12.3. The first kappa shape index (κ1) is 16.7. The average molecular weight is 279 g/mol. The fraction of sp³-hybridized carbons (Fsp3) is 0.562. The van der Waals surface area contributed by atoms with Crippen LogP contribution in [0.1, 0.15) is 32.3 Å². The van der Waals surface area contributed by atoms with Gasteiger partial charge in [-0.15, -0.1) is 0 Å². The van der Waals surface area contributed by atoms with Crippen LogP contribution in [0.5, 0.6) is 0 Å². The van der Waals surface area contributed by atoms with Gasteiger partial charge in [-0.25, -0.2) is 4.79 Å². The molecule has 0 aliphatic heterocycles. The van der Waals surface area contributed by atoms with Crippen molar-refractivity contribution < 1.29 is 14.3 Å². The molecule has 1 atom stereocenters. The van der Waals surface area contributed by atoms with E-state index in [1.54, 1.807) is 0 Å². The highest BCUT2D eigenvalue weighted by molar-refractivity contribution is 5.82. The molecular formula is C16H25NO3. The van der Waals surface area contributed by atoms with Crippen molar-refractivity contribution in [1.29, 1.82) is 0 Å². The van der Waals surface area contributed by atoms with E-state index >= 15 is 0 Å². The molecule has 4 heteroatoms. The van der Waals surface area contributed by atoms with E-state index in [9.17, 15) is 4.79 Å². The van der Waals surface area contributed by atoms with Crippen LogP contribution in [0.25, 0.3) is 0 Å². The number of benzene rings is 1. The Morgan fingerprint density at radius 3 is 2.45 bits per heavy atom. The Balaban J connectivity index is 2.98. The van der Waals surface area contributed by atoms with Crippen LogP contribution in [0, 0.1) is 0 Å². The smallest absolute Gasteiger partial charge is 0.330 e. The third-order valence-corrected chi connectivity index (χ3v) is 3.25. The summed E-state index contributed by atoms with van der Waals surface area (Å²) in [6.45, 7) is 5.95. The highest BCUT2D eigenvalue weighted by Crippen LogP contribution is 2.27. The van der Waals surface area contributed by atoms with Crippen LogP contribution in [-0.4, -0.2) is 32.8 Å². The molecule has 0 bridgehead atoms. The van der Waals surface area contributed by atoms with Crippen molar-refractivity contribution in [3.8, 4) is 0 Å². The standard InChI is InChI=1S/C16H25NO3/c1-4-12-20-13-11-16(17-5-2,15(18)19-3)14-9-7-6-8-10-14/h6-10,17H,4-5,11-13H2,1-3H3. The predicted molar refractivity (Wildman–Crippen MR) is 79.5 cm³/mol. The van der Waals surface area contributed by atoms with E-state index in [-0.39, 0.29) is 5.97 Å². The number of hydrogen-bond donors (Lipinski definition) is 1. The van der Waals surface area contributed by atoms with Crippen molar-refractivity contribution in [2.45, 2.75) is 32.2 Å². The number of ether oxygens (including phenoxy) is 2. The Hall–Kier alpha value is -1.39. The van der Waals surface area contributed by atoms with Crippen LogP contribution in [0.15, 0.2) is 30.3 Å². The molecule has 0 amide bonds. The first-order valence-corrected chi connectivity index (χ1v) is 7.18. The molecule has 0 heterocycles. The molecule has 0 aliphatic rings. The Bertz CT molecular complexity index is 394. The summed E-state index contributed by atoms with van der Waals surface area (Å²) in [4.78, 5) is 12.3. The van der Waals surface area contributed by atoms with Gasteiger partial charge >= 0.3 is 5.97 Å². The first-order valence-electron chi connectivity index (χ1n) is 7.18. The van der Waals surface area contributed by atoms with Gasteiger partial charge in [-0.05, 0) is 18.5 Å². The minimum Gasteiger partial charge on any atom is -0.467 e. The van der Waals surface area contributed by atoms with Crippen molar-refractivity contribution >= 4 is 5.97 Å². The van der Waals surface area contributed by atoms with Crippen molar-refractivity contribution in [2.75, 3.05) is 26.9 Å². The second-order valence-corrected chi connectivity index (χ2v) is 4.66. The van der Waals surface area contributed by atoms with Gasteiger partial charge in [0.15, 0.2) is 0 Å². The van der Waals surface area contributed by atoms with Gasteiger partial charge in [0.25, 0.3) is 0 Å². The molecular weight excluding hydrogens is 254 g/mol. The summed E-state index contributed by atoms with van der Waals surface area (Å²) in [5.74, 6) is -0.273. The third-order valence-electron chi connectivity index (χ3n) is 3.25. The number of esters is 1. The van der Waals surface area contributed by atoms with Crippen LogP contribution in [-0.2, 0) is 19.8 Å². The Labute approximate surface area is 121 Å². The Morgan fingerprint density at radius 1 is 1.20 bits per heavy atom. The van der Waals surface area contributed by atoms with Crippen LogP contribution in [0.3, 0.4) is 0 Å². The summed E-state index contributed by atoms with van der Waals surface area (Å²) >= 11 is 0. The second-order valence-electron chi connectivity index (χ2n) is 4.66. The van der Waals surface area contributed by atoms with Gasteiger partial charge in [0.1, 0.15) is 5.54 Å². The molecule has 20 heavy (non-hydrogen) atoms. The predicted octanol–water partition coefficient (Wildman–Crippen LogP) is 2.48. The second kappa shape index (κ2) is 8.72. The molecule has 1 rings (SSSR count). The zero-order valence-corrected chi connectivity index (χ0v) is 12.6. The molecule has 0 saturated heterocycles. The molecule has 1 unspecified atom stereocenters. The van der Waals surface area contributed by atoms with Crippen LogP contribution >= 0.6 is 0 Å². The maximum absolute atomic E-state index is 12.3. The van der Waals surface area contributed by atoms with Crippen LogP contribution in [0.4, 0.5) is 0 Å².